The molecule has 0 aromatic heterocycles. The number of ether oxygens (including phenoxy) is 1. The van der Waals surface area contributed by atoms with Gasteiger partial charge in [-0.3, -0.25) is 0 Å². The first-order valence-electron chi connectivity index (χ1n) is 7.62. The van der Waals surface area contributed by atoms with Gasteiger partial charge in [0.05, 0.1) is 7.11 Å². The summed E-state index contributed by atoms with van der Waals surface area (Å²) in [6.45, 7) is 4.38. The summed E-state index contributed by atoms with van der Waals surface area (Å²) in [5.74, 6) is 0.586. The van der Waals surface area contributed by atoms with Gasteiger partial charge in [-0.1, -0.05) is 48.7 Å². The van der Waals surface area contributed by atoms with Crippen LogP contribution in [0, 0.1) is 11.8 Å². The molecule has 4 heteroatoms. The average molecular weight is 354 g/mol. The number of hydrogen-bond acceptors (Lipinski definition) is 3. The highest BCUT2D eigenvalue weighted by molar-refractivity contribution is 9.10. The van der Waals surface area contributed by atoms with Crippen LogP contribution in [0.2, 0.25) is 0 Å². The van der Waals surface area contributed by atoms with Gasteiger partial charge in [-0.15, -0.1) is 0 Å². The van der Waals surface area contributed by atoms with E-state index in [2.05, 4.69) is 35.1 Å². The van der Waals surface area contributed by atoms with Crippen molar-refractivity contribution in [1.29, 1.82) is 0 Å². The van der Waals surface area contributed by atoms with Crippen molar-refractivity contribution in [2.75, 3.05) is 12.4 Å². The quantitative estimate of drug-likeness (QED) is 0.802. The predicted octanol–water partition coefficient (Wildman–Crippen LogP) is 4.62. The molecule has 0 heterocycles. The van der Waals surface area contributed by atoms with Gasteiger partial charge in [0.1, 0.15) is 5.54 Å². The zero-order valence-corrected chi connectivity index (χ0v) is 14.6. The monoisotopic (exact) mass is 353 g/mol. The van der Waals surface area contributed by atoms with Crippen molar-refractivity contribution in [3.8, 4) is 0 Å². The molecule has 1 aromatic rings. The van der Waals surface area contributed by atoms with Crippen molar-refractivity contribution in [3.63, 3.8) is 0 Å². The fourth-order valence-electron chi connectivity index (χ4n) is 3.57. The molecule has 0 radical (unpaired) electrons. The fourth-order valence-corrected chi connectivity index (χ4v) is 3.97. The van der Waals surface area contributed by atoms with E-state index in [0.29, 0.717) is 5.92 Å². The van der Waals surface area contributed by atoms with Gasteiger partial charge in [-0.2, -0.15) is 0 Å². The van der Waals surface area contributed by atoms with Crippen molar-refractivity contribution >= 4 is 27.6 Å². The minimum Gasteiger partial charge on any atom is -0.467 e. The molecule has 116 valence electrons. The second kappa shape index (κ2) is 6.82. The van der Waals surface area contributed by atoms with Gasteiger partial charge in [0.2, 0.25) is 0 Å². The van der Waals surface area contributed by atoms with Crippen LogP contribution in [0.1, 0.15) is 39.5 Å². The molecule has 0 spiro atoms. The number of methoxy groups -OCH3 is 1. The van der Waals surface area contributed by atoms with E-state index in [0.717, 1.165) is 29.4 Å². The molecule has 2 atom stereocenters. The van der Waals surface area contributed by atoms with Crippen LogP contribution in [0.5, 0.6) is 0 Å². The van der Waals surface area contributed by atoms with E-state index in [-0.39, 0.29) is 11.9 Å². The number of anilines is 1. The standard InChI is InChI=1S/C17H24BrNO2/c1-12(2)15-9-4-5-10-17(15,16(20)21-3)19-14-8-6-7-13(18)11-14/h6-8,11-12,15,19H,4-5,9-10H2,1-3H3. The molecule has 1 saturated carbocycles. The highest BCUT2D eigenvalue weighted by Gasteiger charge is 2.49. The van der Waals surface area contributed by atoms with E-state index in [1.54, 1.807) is 0 Å². The SMILES string of the molecule is COC(=O)C1(Nc2cccc(Br)c2)CCCCC1C(C)C. The number of hydrogen-bond donors (Lipinski definition) is 1. The third-order valence-corrected chi connectivity index (χ3v) is 5.01. The number of nitrogens with one attached hydrogen (secondary N) is 1. The summed E-state index contributed by atoms with van der Waals surface area (Å²) in [7, 11) is 1.48. The van der Waals surface area contributed by atoms with Gasteiger partial charge in [-0.25, -0.2) is 4.79 Å². The number of benzene rings is 1. The normalized spacial score (nSPS) is 25.7. The van der Waals surface area contributed by atoms with Crippen LogP contribution < -0.4 is 5.32 Å². The molecule has 0 amide bonds. The zero-order chi connectivity index (χ0) is 15.5. The van der Waals surface area contributed by atoms with Crippen molar-refractivity contribution < 1.29 is 9.53 Å². The maximum atomic E-state index is 12.6. The van der Waals surface area contributed by atoms with Crippen molar-refractivity contribution in [2.45, 2.75) is 45.1 Å². The Morgan fingerprint density at radius 1 is 1.43 bits per heavy atom. The van der Waals surface area contributed by atoms with E-state index < -0.39 is 5.54 Å². The van der Waals surface area contributed by atoms with Crippen LogP contribution in [-0.2, 0) is 9.53 Å². The first-order chi connectivity index (χ1) is 9.99. The first-order valence-corrected chi connectivity index (χ1v) is 8.41. The van der Waals surface area contributed by atoms with E-state index in [1.807, 2.05) is 24.3 Å². The smallest absolute Gasteiger partial charge is 0.331 e. The average Bonchev–Trinajstić information content (AvgIpc) is 2.46. The van der Waals surface area contributed by atoms with Crippen LogP contribution in [0.3, 0.4) is 0 Å². The molecule has 1 fully saturated rings. The molecule has 1 aliphatic carbocycles. The molecule has 1 aliphatic rings. The van der Waals surface area contributed by atoms with Gasteiger partial charge in [-0.05, 0) is 42.9 Å². The molecule has 0 saturated heterocycles. The maximum absolute atomic E-state index is 12.6. The Labute approximate surface area is 135 Å². The van der Waals surface area contributed by atoms with Crippen molar-refractivity contribution in [1.82, 2.24) is 0 Å². The topological polar surface area (TPSA) is 38.3 Å². The fraction of sp³-hybridized carbons (Fsp3) is 0.588. The summed E-state index contributed by atoms with van der Waals surface area (Å²) in [5, 5.41) is 3.51. The molecule has 2 unspecified atom stereocenters. The molecular weight excluding hydrogens is 330 g/mol. The Balaban J connectivity index is 2.38. The van der Waals surface area contributed by atoms with Gasteiger partial charge in [0.15, 0.2) is 0 Å². The van der Waals surface area contributed by atoms with Crippen molar-refractivity contribution in [3.05, 3.63) is 28.7 Å². The molecule has 21 heavy (non-hydrogen) atoms. The van der Waals surface area contributed by atoms with E-state index in [4.69, 9.17) is 4.74 Å². The summed E-state index contributed by atoms with van der Waals surface area (Å²) in [6, 6.07) is 7.97. The lowest BCUT2D eigenvalue weighted by Crippen LogP contribution is -2.56. The second-order valence-electron chi connectivity index (χ2n) is 6.19. The summed E-state index contributed by atoms with van der Waals surface area (Å²) in [5.41, 5.74) is 0.351. The summed E-state index contributed by atoms with van der Waals surface area (Å²) < 4.78 is 6.17. The molecular formula is C17H24BrNO2. The summed E-state index contributed by atoms with van der Waals surface area (Å²) in [4.78, 5) is 12.6. The molecule has 0 bridgehead atoms. The third kappa shape index (κ3) is 3.42. The Morgan fingerprint density at radius 3 is 2.81 bits per heavy atom. The number of halogens is 1. The minimum atomic E-state index is -0.609. The Bertz CT molecular complexity index is 503. The zero-order valence-electron chi connectivity index (χ0n) is 13.0. The Kier molecular flexibility index (Phi) is 5.31. The highest BCUT2D eigenvalue weighted by Crippen LogP contribution is 2.41. The number of carbonyl (C=O) groups excluding carboxylic acids is 1. The van der Waals surface area contributed by atoms with Gasteiger partial charge >= 0.3 is 5.97 Å². The number of esters is 1. The molecule has 1 N–H and O–H groups in total. The van der Waals surface area contributed by atoms with Crippen LogP contribution in [-0.4, -0.2) is 18.6 Å². The maximum Gasteiger partial charge on any atom is 0.331 e. The lowest BCUT2D eigenvalue weighted by Gasteiger charge is -2.45. The Hall–Kier alpha value is -1.03. The molecule has 0 aliphatic heterocycles. The minimum absolute atomic E-state index is 0.138. The summed E-state index contributed by atoms with van der Waals surface area (Å²) in [6.07, 6.45) is 4.13. The van der Waals surface area contributed by atoms with Gasteiger partial charge in [0.25, 0.3) is 0 Å². The third-order valence-electron chi connectivity index (χ3n) is 4.52. The van der Waals surface area contributed by atoms with E-state index in [1.165, 1.54) is 13.5 Å². The first kappa shape index (κ1) is 16.3. The highest BCUT2D eigenvalue weighted by atomic mass is 79.9. The number of carbonyl (C=O) groups is 1. The molecule has 2 rings (SSSR count). The van der Waals surface area contributed by atoms with Crippen molar-refractivity contribution in [2.24, 2.45) is 11.8 Å². The Morgan fingerprint density at radius 2 is 2.19 bits per heavy atom. The van der Waals surface area contributed by atoms with E-state index in [9.17, 15) is 4.79 Å². The number of rotatable bonds is 4. The lowest BCUT2D eigenvalue weighted by atomic mass is 9.67. The summed E-state index contributed by atoms with van der Waals surface area (Å²) >= 11 is 3.49. The van der Waals surface area contributed by atoms with Gasteiger partial charge < -0.3 is 10.1 Å². The molecule has 1 aromatic carbocycles. The van der Waals surface area contributed by atoms with Crippen LogP contribution >= 0.6 is 15.9 Å². The van der Waals surface area contributed by atoms with Crippen LogP contribution in [0.15, 0.2) is 28.7 Å². The predicted molar refractivity (Wildman–Crippen MR) is 89.3 cm³/mol. The van der Waals surface area contributed by atoms with Crippen LogP contribution in [0.4, 0.5) is 5.69 Å². The van der Waals surface area contributed by atoms with Gasteiger partial charge in [0, 0.05) is 10.2 Å². The largest absolute Gasteiger partial charge is 0.467 e. The lowest BCUT2D eigenvalue weighted by molar-refractivity contribution is -0.150. The second-order valence-corrected chi connectivity index (χ2v) is 7.11. The van der Waals surface area contributed by atoms with E-state index >= 15 is 0 Å². The molecule has 3 nitrogen and oxygen atoms in total. The van der Waals surface area contributed by atoms with Crippen LogP contribution in [0.25, 0.3) is 0 Å².